The van der Waals surface area contributed by atoms with Crippen LogP contribution in [0, 0.1) is 35.0 Å². The van der Waals surface area contributed by atoms with E-state index in [1.54, 1.807) is 0 Å². The van der Waals surface area contributed by atoms with Crippen molar-refractivity contribution in [3.8, 4) is 0 Å². The Morgan fingerprint density at radius 1 is 0.750 bits per heavy atom. The second-order valence-corrected chi connectivity index (χ2v) is 4.82. The number of nitrogens with one attached hydrogen (secondary N) is 2. The second kappa shape index (κ2) is 7.54. The van der Waals surface area contributed by atoms with Gasteiger partial charge in [0.2, 0.25) is 5.82 Å². The van der Waals surface area contributed by atoms with Crippen LogP contribution >= 0.6 is 0 Å². The van der Waals surface area contributed by atoms with Crippen molar-refractivity contribution in [3.63, 3.8) is 0 Å². The van der Waals surface area contributed by atoms with Gasteiger partial charge in [-0.1, -0.05) is 13.8 Å². The Kier molecular flexibility index (Phi) is 6.35. The lowest BCUT2D eigenvalue weighted by Crippen LogP contribution is -2.30. The molecule has 0 bridgehead atoms. The molecule has 0 heterocycles. The zero-order valence-corrected chi connectivity index (χ0v) is 11.3. The first-order chi connectivity index (χ1) is 9.36. The van der Waals surface area contributed by atoms with Crippen LogP contribution in [0.4, 0.5) is 22.0 Å². The molecule has 0 aromatic heterocycles. The minimum atomic E-state index is -2.14. The van der Waals surface area contributed by atoms with Crippen molar-refractivity contribution >= 4 is 0 Å². The van der Waals surface area contributed by atoms with Crippen LogP contribution in [0.2, 0.25) is 0 Å². The molecule has 2 nitrogen and oxygen atoms in total. The zero-order valence-electron chi connectivity index (χ0n) is 11.3. The number of hydrogen-bond acceptors (Lipinski definition) is 2. The van der Waals surface area contributed by atoms with Crippen LogP contribution in [0.3, 0.4) is 0 Å². The van der Waals surface area contributed by atoms with Crippen LogP contribution in [0.5, 0.6) is 0 Å². The summed E-state index contributed by atoms with van der Waals surface area (Å²) >= 11 is 0. The van der Waals surface area contributed by atoms with Crippen LogP contribution in [-0.4, -0.2) is 19.6 Å². The summed E-state index contributed by atoms with van der Waals surface area (Å²) in [6.45, 7) is 5.30. The maximum absolute atomic E-state index is 13.3. The van der Waals surface area contributed by atoms with Crippen LogP contribution in [0.1, 0.15) is 19.4 Å². The topological polar surface area (TPSA) is 24.1 Å². The van der Waals surface area contributed by atoms with Gasteiger partial charge in [0, 0.05) is 25.2 Å². The Morgan fingerprint density at radius 2 is 1.20 bits per heavy atom. The van der Waals surface area contributed by atoms with E-state index in [2.05, 4.69) is 10.6 Å². The van der Waals surface area contributed by atoms with Crippen LogP contribution < -0.4 is 10.6 Å². The van der Waals surface area contributed by atoms with E-state index in [9.17, 15) is 22.0 Å². The van der Waals surface area contributed by atoms with Gasteiger partial charge in [-0.3, -0.25) is 0 Å². The SMILES string of the molecule is CC(C)CNCCNCc1c(F)c(F)c(F)c(F)c1F. The average Bonchev–Trinajstić information content (AvgIpc) is 2.41. The van der Waals surface area contributed by atoms with E-state index in [0.29, 0.717) is 19.0 Å². The third kappa shape index (κ3) is 4.14. The molecule has 0 amide bonds. The van der Waals surface area contributed by atoms with E-state index >= 15 is 0 Å². The van der Waals surface area contributed by atoms with Crippen molar-refractivity contribution in [2.75, 3.05) is 19.6 Å². The van der Waals surface area contributed by atoms with Gasteiger partial charge >= 0.3 is 0 Å². The third-order valence-corrected chi connectivity index (χ3v) is 2.63. The Labute approximate surface area is 114 Å². The predicted molar refractivity (Wildman–Crippen MR) is 65.6 cm³/mol. The second-order valence-electron chi connectivity index (χ2n) is 4.82. The maximum atomic E-state index is 13.3. The molecule has 0 fully saturated rings. The molecule has 1 aromatic carbocycles. The Hall–Kier alpha value is -1.21. The minimum absolute atomic E-state index is 0.353. The molecule has 0 spiro atoms. The van der Waals surface area contributed by atoms with Gasteiger partial charge < -0.3 is 10.6 Å². The van der Waals surface area contributed by atoms with Crippen molar-refractivity contribution in [3.05, 3.63) is 34.6 Å². The highest BCUT2D eigenvalue weighted by Gasteiger charge is 2.25. The van der Waals surface area contributed by atoms with E-state index in [1.165, 1.54) is 0 Å². The van der Waals surface area contributed by atoms with Crippen LogP contribution in [0.15, 0.2) is 0 Å². The van der Waals surface area contributed by atoms with E-state index in [0.717, 1.165) is 6.54 Å². The first-order valence-corrected chi connectivity index (χ1v) is 6.28. The van der Waals surface area contributed by atoms with E-state index < -0.39 is 41.2 Å². The van der Waals surface area contributed by atoms with Crippen molar-refractivity contribution < 1.29 is 22.0 Å². The van der Waals surface area contributed by atoms with Crippen molar-refractivity contribution in [1.82, 2.24) is 10.6 Å². The fraction of sp³-hybridized carbons (Fsp3) is 0.538. The van der Waals surface area contributed by atoms with Gasteiger partial charge in [-0.25, -0.2) is 22.0 Å². The fourth-order valence-electron chi connectivity index (χ4n) is 1.59. The number of benzene rings is 1. The normalized spacial score (nSPS) is 11.4. The van der Waals surface area contributed by atoms with Crippen molar-refractivity contribution in [2.45, 2.75) is 20.4 Å². The molecular formula is C13H17F5N2. The molecule has 0 radical (unpaired) electrons. The summed E-state index contributed by atoms with van der Waals surface area (Å²) in [5.74, 6) is -9.09. The molecular weight excluding hydrogens is 279 g/mol. The summed E-state index contributed by atoms with van der Waals surface area (Å²) in [7, 11) is 0. The number of halogens is 5. The number of rotatable bonds is 7. The molecule has 7 heteroatoms. The molecule has 20 heavy (non-hydrogen) atoms. The lowest BCUT2D eigenvalue weighted by atomic mass is 10.1. The van der Waals surface area contributed by atoms with E-state index in [-0.39, 0.29) is 0 Å². The zero-order chi connectivity index (χ0) is 15.3. The van der Waals surface area contributed by atoms with Gasteiger partial charge in [-0.05, 0) is 12.5 Å². The molecule has 0 aliphatic carbocycles. The summed E-state index contributed by atoms with van der Waals surface area (Å²) in [4.78, 5) is 0. The molecule has 0 aliphatic heterocycles. The average molecular weight is 296 g/mol. The summed E-state index contributed by atoms with van der Waals surface area (Å²) < 4.78 is 65.3. The summed E-state index contributed by atoms with van der Waals surface area (Å²) in [5, 5.41) is 5.71. The maximum Gasteiger partial charge on any atom is 0.200 e. The predicted octanol–water partition coefficient (Wildman–Crippen LogP) is 2.72. The van der Waals surface area contributed by atoms with Gasteiger partial charge in [0.05, 0.1) is 0 Å². The Morgan fingerprint density at radius 3 is 1.70 bits per heavy atom. The molecule has 0 saturated carbocycles. The monoisotopic (exact) mass is 296 g/mol. The smallest absolute Gasteiger partial charge is 0.200 e. The summed E-state index contributed by atoms with van der Waals surface area (Å²) in [5.41, 5.74) is -0.842. The van der Waals surface area contributed by atoms with Gasteiger partial charge in [-0.15, -0.1) is 0 Å². The molecule has 0 saturated heterocycles. The van der Waals surface area contributed by atoms with Crippen LogP contribution in [-0.2, 0) is 6.54 Å². The lowest BCUT2D eigenvalue weighted by molar-refractivity contribution is 0.367. The lowest BCUT2D eigenvalue weighted by Gasteiger charge is -2.10. The van der Waals surface area contributed by atoms with E-state index in [1.807, 2.05) is 13.8 Å². The van der Waals surface area contributed by atoms with Gasteiger partial charge in [0.25, 0.3) is 0 Å². The highest BCUT2D eigenvalue weighted by molar-refractivity contribution is 5.23. The third-order valence-electron chi connectivity index (χ3n) is 2.63. The molecule has 114 valence electrons. The Bertz CT molecular complexity index is 434. The first kappa shape index (κ1) is 16.8. The summed E-state index contributed by atoms with van der Waals surface area (Å²) in [6.07, 6.45) is 0. The molecule has 2 N–H and O–H groups in total. The Balaban J connectivity index is 2.57. The van der Waals surface area contributed by atoms with E-state index in [4.69, 9.17) is 0 Å². The van der Waals surface area contributed by atoms with Gasteiger partial charge in [-0.2, -0.15) is 0 Å². The van der Waals surface area contributed by atoms with Gasteiger partial charge in [0.1, 0.15) is 0 Å². The fourth-order valence-corrected chi connectivity index (χ4v) is 1.59. The van der Waals surface area contributed by atoms with Gasteiger partial charge in [0.15, 0.2) is 23.3 Å². The standard InChI is InChI=1S/C13H17F5N2/c1-7(2)5-19-3-4-20-6-8-9(14)11(16)13(18)12(17)10(8)15/h7,19-20H,3-6H2,1-2H3. The first-order valence-electron chi connectivity index (χ1n) is 6.28. The highest BCUT2D eigenvalue weighted by atomic mass is 19.2. The molecule has 1 rings (SSSR count). The molecule has 0 unspecified atom stereocenters. The minimum Gasteiger partial charge on any atom is -0.315 e. The summed E-state index contributed by atoms with van der Waals surface area (Å²) in [6, 6.07) is 0. The molecule has 0 atom stereocenters. The van der Waals surface area contributed by atoms with Crippen molar-refractivity contribution in [2.24, 2.45) is 5.92 Å². The largest absolute Gasteiger partial charge is 0.315 e. The molecule has 0 aliphatic rings. The quantitative estimate of drug-likeness (QED) is 0.350. The number of hydrogen-bond donors (Lipinski definition) is 2. The van der Waals surface area contributed by atoms with Crippen molar-refractivity contribution in [1.29, 1.82) is 0 Å². The van der Waals surface area contributed by atoms with Crippen LogP contribution in [0.25, 0.3) is 0 Å². The molecule has 1 aromatic rings. The highest BCUT2D eigenvalue weighted by Crippen LogP contribution is 2.22.